The number of amides is 1. The minimum absolute atomic E-state index is 0.0489. The van der Waals surface area contributed by atoms with E-state index >= 15 is 0 Å². The van der Waals surface area contributed by atoms with Crippen molar-refractivity contribution in [1.82, 2.24) is 9.97 Å². The van der Waals surface area contributed by atoms with Crippen LogP contribution >= 0.6 is 27.7 Å². The van der Waals surface area contributed by atoms with Crippen LogP contribution in [0, 0.1) is 6.92 Å². The molecule has 0 aliphatic heterocycles. The van der Waals surface area contributed by atoms with Crippen molar-refractivity contribution in [1.29, 1.82) is 0 Å². The second-order valence-corrected chi connectivity index (χ2v) is 6.68. The van der Waals surface area contributed by atoms with Gasteiger partial charge in [0.1, 0.15) is 0 Å². The fourth-order valence-corrected chi connectivity index (χ4v) is 2.98. The first kappa shape index (κ1) is 15.1. The number of aryl methyl sites for hydroxylation is 1. The Morgan fingerprint density at radius 3 is 2.91 bits per heavy atom. The molecule has 4 nitrogen and oxygen atoms in total. The zero-order valence-electron chi connectivity index (χ0n) is 11.9. The summed E-state index contributed by atoms with van der Waals surface area (Å²) in [5.41, 5.74) is 3.78. The zero-order chi connectivity index (χ0) is 15.5. The van der Waals surface area contributed by atoms with Gasteiger partial charge in [0.15, 0.2) is 5.16 Å². The number of halogens is 1. The van der Waals surface area contributed by atoms with Gasteiger partial charge in [-0.2, -0.15) is 0 Å². The molecule has 3 aromatic rings. The fraction of sp³-hybridized carbons (Fsp3) is 0.125. The van der Waals surface area contributed by atoms with Crippen molar-refractivity contribution in [2.45, 2.75) is 12.1 Å². The Kier molecular flexibility index (Phi) is 4.49. The number of imidazole rings is 1. The van der Waals surface area contributed by atoms with Crippen LogP contribution in [0.2, 0.25) is 0 Å². The lowest BCUT2D eigenvalue weighted by molar-refractivity contribution is -0.113. The molecule has 0 fully saturated rings. The first-order chi connectivity index (χ1) is 10.6. The summed E-state index contributed by atoms with van der Waals surface area (Å²) in [5.74, 6) is 0.266. The van der Waals surface area contributed by atoms with E-state index < -0.39 is 0 Å². The molecule has 1 heterocycles. The first-order valence-corrected chi connectivity index (χ1v) is 8.53. The molecule has 0 radical (unpaired) electrons. The van der Waals surface area contributed by atoms with Gasteiger partial charge in [0.25, 0.3) is 0 Å². The third-order valence-electron chi connectivity index (χ3n) is 3.15. The summed E-state index contributed by atoms with van der Waals surface area (Å²) in [6.07, 6.45) is 0. The summed E-state index contributed by atoms with van der Waals surface area (Å²) in [6, 6.07) is 13.6. The smallest absolute Gasteiger partial charge is 0.234 e. The minimum Gasteiger partial charge on any atom is -0.333 e. The predicted molar refractivity (Wildman–Crippen MR) is 94.3 cm³/mol. The number of aromatic amines is 1. The van der Waals surface area contributed by atoms with Gasteiger partial charge in [-0.1, -0.05) is 39.8 Å². The van der Waals surface area contributed by atoms with Gasteiger partial charge < -0.3 is 10.3 Å². The molecule has 112 valence electrons. The highest BCUT2D eigenvalue weighted by atomic mass is 79.9. The van der Waals surface area contributed by atoms with E-state index in [1.807, 2.05) is 49.4 Å². The number of nitrogens with one attached hydrogen (secondary N) is 2. The standard InChI is InChI=1S/C16H14BrN3OS/c1-10-8-11(6-7-12(10)17)18-15(21)9-22-16-19-13-4-2-3-5-14(13)20-16/h2-8H,9H2,1H3,(H,18,21)(H,19,20). The Labute approximate surface area is 140 Å². The van der Waals surface area contributed by atoms with Crippen LogP contribution in [0.1, 0.15) is 5.56 Å². The summed E-state index contributed by atoms with van der Waals surface area (Å²) in [6.45, 7) is 1.99. The number of benzene rings is 2. The van der Waals surface area contributed by atoms with Crippen LogP contribution in [0.25, 0.3) is 11.0 Å². The highest BCUT2D eigenvalue weighted by Crippen LogP contribution is 2.21. The topological polar surface area (TPSA) is 57.8 Å². The van der Waals surface area contributed by atoms with Crippen molar-refractivity contribution in [3.63, 3.8) is 0 Å². The van der Waals surface area contributed by atoms with Crippen molar-refractivity contribution in [2.24, 2.45) is 0 Å². The van der Waals surface area contributed by atoms with E-state index in [2.05, 4.69) is 31.2 Å². The van der Waals surface area contributed by atoms with Crippen molar-refractivity contribution >= 4 is 50.3 Å². The largest absolute Gasteiger partial charge is 0.333 e. The van der Waals surface area contributed by atoms with Crippen molar-refractivity contribution in [3.8, 4) is 0 Å². The number of thioether (sulfide) groups is 1. The summed E-state index contributed by atoms with van der Waals surface area (Å²) >= 11 is 4.84. The molecule has 22 heavy (non-hydrogen) atoms. The number of aromatic nitrogens is 2. The molecule has 3 rings (SSSR count). The van der Waals surface area contributed by atoms with Crippen LogP contribution < -0.4 is 5.32 Å². The molecule has 0 atom stereocenters. The van der Waals surface area contributed by atoms with Crippen LogP contribution in [0.3, 0.4) is 0 Å². The molecule has 0 aliphatic rings. The highest BCUT2D eigenvalue weighted by Gasteiger charge is 2.07. The molecule has 6 heteroatoms. The van der Waals surface area contributed by atoms with Crippen LogP contribution in [-0.4, -0.2) is 21.6 Å². The molecule has 0 bridgehead atoms. The van der Waals surface area contributed by atoms with E-state index in [4.69, 9.17) is 0 Å². The van der Waals surface area contributed by atoms with E-state index in [9.17, 15) is 4.79 Å². The maximum Gasteiger partial charge on any atom is 0.234 e. The number of nitrogens with zero attached hydrogens (tertiary/aromatic N) is 1. The maximum absolute atomic E-state index is 12.0. The molecule has 0 saturated heterocycles. The number of carbonyl (C=O) groups is 1. The van der Waals surface area contributed by atoms with Crippen molar-refractivity contribution < 1.29 is 4.79 Å². The number of carbonyl (C=O) groups excluding carboxylic acids is 1. The van der Waals surface area contributed by atoms with Gasteiger partial charge >= 0.3 is 0 Å². The number of fused-ring (bicyclic) bond motifs is 1. The summed E-state index contributed by atoms with van der Waals surface area (Å²) in [7, 11) is 0. The third kappa shape index (κ3) is 3.51. The van der Waals surface area contributed by atoms with Gasteiger partial charge in [-0.15, -0.1) is 0 Å². The molecule has 0 spiro atoms. The fourth-order valence-electron chi connectivity index (χ4n) is 2.05. The lowest BCUT2D eigenvalue weighted by Crippen LogP contribution is -2.14. The second kappa shape index (κ2) is 6.54. The molecule has 0 aliphatic carbocycles. The number of rotatable bonds is 4. The average Bonchev–Trinajstić information content (AvgIpc) is 2.92. The predicted octanol–water partition coefficient (Wildman–Crippen LogP) is 4.36. The number of anilines is 1. The maximum atomic E-state index is 12.0. The molecule has 1 amide bonds. The lowest BCUT2D eigenvalue weighted by Gasteiger charge is -2.06. The number of hydrogen-bond acceptors (Lipinski definition) is 3. The Morgan fingerprint density at radius 1 is 1.32 bits per heavy atom. The van der Waals surface area contributed by atoms with Crippen LogP contribution in [0.5, 0.6) is 0 Å². The van der Waals surface area contributed by atoms with E-state index in [0.717, 1.165) is 31.9 Å². The first-order valence-electron chi connectivity index (χ1n) is 6.75. The SMILES string of the molecule is Cc1cc(NC(=O)CSc2nc3ccccc3[nH]2)ccc1Br. The van der Waals surface area contributed by atoms with Gasteiger partial charge in [0.05, 0.1) is 16.8 Å². The van der Waals surface area contributed by atoms with E-state index in [1.165, 1.54) is 11.8 Å². The van der Waals surface area contributed by atoms with E-state index in [0.29, 0.717) is 5.75 Å². The molecule has 2 N–H and O–H groups in total. The lowest BCUT2D eigenvalue weighted by atomic mass is 10.2. The number of hydrogen-bond donors (Lipinski definition) is 2. The summed E-state index contributed by atoms with van der Waals surface area (Å²) in [4.78, 5) is 19.6. The average molecular weight is 376 g/mol. The van der Waals surface area contributed by atoms with Crippen molar-refractivity contribution in [3.05, 3.63) is 52.5 Å². The number of H-pyrrole nitrogens is 1. The molecular weight excluding hydrogens is 362 g/mol. The Balaban J connectivity index is 1.60. The van der Waals surface area contributed by atoms with Crippen LogP contribution in [-0.2, 0) is 4.79 Å². The van der Waals surface area contributed by atoms with Gasteiger partial charge in [0, 0.05) is 10.2 Å². The Bertz CT molecular complexity index is 798. The Morgan fingerprint density at radius 2 is 2.14 bits per heavy atom. The molecular formula is C16H14BrN3OS. The third-order valence-corrected chi connectivity index (χ3v) is 4.91. The molecule has 1 aromatic heterocycles. The molecule has 2 aromatic carbocycles. The Hall–Kier alpha value is -1.79. The number of para-hydroxylation sites is 2. The van der Waals surface area contributed by atoms with Crippen LogP contribution in [0.15, 0.2) is 52.1 Å². The molecule has 0 unspecified atom stereocenters. The van der Waals surface area contributed by atoms with Gasteiger partial charge in [0.2, 0.25) is 5.91 Å². The van der Waals surface area contributed by atoms with Gasteiger partial charge in [-0.3, -0.25) is 4.79 Å². The van der Waals surface area contributed by atoms with E-state index in [-0.39, 0.29) is 5.91 Å². The molecule has 0 saturated carbocycles. The zero-order valence-corrected chi connectivity index (χ0v) is 14.3. The monoisotopic (exact) mass is 375 g/mol. The van der Waals surface area contributed by atoms with Crippen molar-refractivity contribution in [2.75, 3.05) is 11.1 Å². The normalized spacial score (nSPS) is 10.8. The highest BCUT2D eigenvalue weighted by molar-refractivity contribution is 9.10. The van der Waals surface area contributed by atoms with Gasteiger partial charge in [-0.05, 0) is 42.8 Å². The summed E-state index contributed by atoms with van der Waals surface area (Å²) < 4.78 is 1.03. The van der Waals surface area contributed by atoms with E-state index in [1.54, 1.807) is 0 Å². The minimum atomic E-state index is -0.0489. The quantitative estimate of drug-likeness (QED) is 0.665. The van der Waals surface area contributed by atoms with Gasteiger partial charge in [-0.25, -0.2) is 4.98 Å². The second-order valence-electron chi connectivity index (χ2n) is 4.86. The summed E-state index contributed by atoms with van der Waals surface area (Å²) in [5, 5.41) is 3.64. The van der Waals surface area contributed by atoms with Crippen LogP contribution in [0.4, 0.5) is 5.69 Å².